The lowest BCUT2D eigenvalue weighted by Gasteiger charge is -2.02. The number of unbranched alkanes of at least 4 members (excludes halogenated alkanes) is 6. The predicted molar refractivity (Wildman–Crippen MR) is 88.7 cm³/mol. The minimum absolute atomic E-state index is 1.14. The molecule has 0 aliphatic carbocycles. The molecule has 1 aromatic carbocycles. The minimum atomic E-state index is 1.14. The van der Waals surface area contributed by atoms with Crippen molar-refractivity contribution in [2.75, 3.05) is 0 Å². The van der Waals surface area contributed by atoms with Crippen LogP contribution in [0.4, 0.5) is 0 Å². The van der Waals surface area contributed by atoms with Gasteiger partial charge in [0, 0.05) is 6.92 Å². The summed E-state index contributed by atoms with van der Waals surface area (Å²) in [5, 5.41) is 0. The number of aromatic nitrogens is 2. The van der Waals surface area contributed by atoms with Gasteiger partial charge < -0.3 is 0 Å². The molecular formula is C19H29N2+. The van der Waals surface area contributed by atoms with Crippen LogP contribution in [0.15, 0.2) is 42.7 Å². The molecule has 2 heteroatoms. The molecule has 0 saturated carbocycles. The highest BCUT2D eigenvalue weighted by Gasteiger charge is 2.13. The molecule has 0 radical (unpaired) electrons. The summed E-state index contributed by atoms with van der Waals surface area (Å²) in [7, 11) is 0. The molecule has 0 spiro atoms. The zero-order valence-electron chi connectivity index (χ0n) is 13.6. The third-order valence-electron chi connectivity index (χ3n) is 4.20. The van der Waals surface area contributed by atoms with E-state index >= 15 is 0 Å². The predicted octanol–water partition coefficient (Wildman–Crippen LogP) is 4.82. The Labute approximate surface area is 129 Å². The molecule has 0 aliphatic heterocycles. The van der Waals surface area contributed by atoms with Gasteiger partial charge in [-0.2, -0.15) is 0 Å². The number of aryl methyl sites for hydroxylation is 1. The summed E-state index contributed by atoms with van der Waals surface area (Å²) in [5.41, 5.74) is 1.24. The SMILES string of the molecule is CCCCCCCCC[n+]1ccn(-c2ccccc2)c1C. The summed E-state index contributed by atoms with van der Waals surface area (Å²) in [6.45, 7) is 5.62. The maximum Gasteiger partial charge on any atom is 0.258 e. The van der Waals surface area contributed by atoms with Gasteiger partial charge in [-0.1, -0.05) is 57.2 Å². The molecule has 0 fully saturated rings. The van der Waals surface area contributed by atoms with Crippen LogP contribution in [0.1, 0.15) is 57.7 Å². The Kier molecular flexibility index (Phi) is 6.52. The van der Waals surface area contributed by atoms with Gasteiger partial charge in [-0.3, -0.25) is 0 Å². The fourth-order valence-electron chi connectivity index (χ4n) is 2.84. The van der Waals surface area contributed by atoms with E-state index in [0.717, 1.165) is 6.54 Å². The van der Waals surface area contributed by atoms with Crippen LogP contribution in [0.2, 0.25) is 0 Å². The Morgan fingerprint density at radius 2 is 1.57 bits per heavy atom. The maximum absolute atomic E-state index is 2.37. The smallest absolute Gasteiger partial charge is 0.234 e. The van der Waals surface area contributed by atoms with E-state index in [9.17, 15) is 0 Å². The van der Waals surface area contributed by atoms with Crippen LogP contribution >= 0.6 is 0 Å². The number of hydrogen-bond donors (Lipinski definition) is 0. The molecule has 2 rings (SSSR count). The van der Waals surface area contributed by atoms with Gasteiger partial charge in [0.05, 0.1) is 6.54 Å². The average molecular weight is 285 g/mol. The van der Waals surface area contributed by atoms with E-state index in [1.807, 2.05) is 0 Å². The minimum Gasteiger partial charge on any atom is -0.234 e. The Balaban J connectivity index is 1.79. The third kappa shape index (κ3) is 4.73. The highest BCUT2D eigenvalue weighted by atomic mass is 15.1. The van der Waals surface area contributed by atoms with Gasteiger partial charge >= 0.3 is 0 Å². The number of para-hydroxylation sites is 1. The second-order valence-corrected chi connectivity index (χ2v) is 5.87. The average Bonchev–Trinajstić information content (AvgIpc) is 2.88. The van der Waals surface area contributed by atoms with E-state index in [1.54, 1.807) is 0 Å². The van der Waals surface area contributed by atoms with Crippen molar-refractivity contribution in [2.24, 2.45) is 0 Å². The summed E-state index contributed by atoms with van der Waals surface area (Å²) < 4.78 is 4.64. The molecule has 0 saturated heterocycles. The van der Waals surface area contributed by atoms with Gasteiger partial charge in [0.15, 0.2) is 0 Å². The lowest BCUT2D eigenvalue weighted by atomic mass is 10.1. The summed E-state index contributed by atoms with van der Waals surface area (Å²) in [4.78, 5) is 0. The van der Waals surface area contributed by atoms with Crippen molar-refractivity contribution in [3.8, 4) is 5.69 Å². The highest BCUT2D eigenvalue weighted by Crippen LogP contribution is 2.10. The topological polar surface area (TPSA) is 8.81 Å². The van der Waals surface area contributed by atoms with E-state index < -0.39 is 0 Å². The molecule has 1 aromatic heterocycles. The molecule has 0 amide bonds. The molecule has 0 bridgehead atoms. The first-order valence-electron chi connectivity index (χ1n) is 8.45. The molecule has 0 aliphatic rings. The standard InChI is InChI=1S/C19H29N2/c1-3-4-5-6-7-8-12-15-20-16-17-21(18(20)2)19-13-10-9-11-14-19/h9-11,13-14,16-17H,3-8,12,15H2,1-2H3/q+1. The van der Waals surface area contributed by atoms with Gasteiger partial charge in [-0.15, -0.1) is 0 Å². The molecule has 2 nitrogen and oxygen atoms in total. The number of imidazole rings is 1. The van der Waals surface area contributed by atoms with Crippen LogP contribution in [0.25, 0.3) is 5.69 Å². The van der Waals surface area contributed by atoms with Crippen molar-refractivity contribution in [2.45, 2.75) is 65.3 Å². The largest absolute Gasteiger partial charge is 0.258 e. The zero-order valence-corrected chi connectivity index (χ0v) is 13.6. The van der Waals surface area contributed by atoms with Crippen molar-refractivity contribution in [3.63, 3.8) is 0 Å². The van der Waals surface area contributed by atoms with Gasteiger partial charge in [-0.05, 0) is 25.0 Å². The monoisotopic (exact) mass is 285 g/mol. The van der Waals surface area contributed by atoms with Crippen LogP contribution in [-0.2, 0) is 6.54 Å². The van der Waals surface area contributed by atoms with Crippen molar-refractivity contribution in [1.82, 2.24) is 4.57 Å². The van der Waals surface area contributed by atoms with Crippen LogP contribution < -0.4 is 4.57 Å². The van der Waals surface area contributed by atoms with Gasteiger partial charge in [-0.25, -0.2) is 9.13 Å². The van der Waals surface area contributed by atoms with Gasteiger partial charge in [0.2, 0.25) is 0 Å². The highest BCUT2D eigenvalue weighted by molar-refractivity contribution is 5.31. The lowest BCUT2D eigenvalue weighted by molar-refractivity contribution is -0.702. The second-order valence-electron chi connectivity index (χ2n) is 5.87. The maximum atomic E-state index is 2.37. The van der Waals surface area contributed by atoms with Gasteiger partial charge in [0.1, 0.15) is 18.1 Å². The number of benzene rings is 1. The lowest BCUT2D eigenvalue weighted by Crippen LogP contribution is -2.35. The van der Waals surface area contributed by atoms with E-state index in [4.69, 9.17) is 0 Å². The first-order chi connectivity index (χ1) is 10.3. The summed E-state index contributed by atoms with van der Waals surface area (Å²) in [6, 6.07) is 10.6. The van der Waals surface area contributed by atoms with E-state index in [0.29, 0.717) is 0 Å². The molecule has 21 heavy (non-hydrogen) atoms. The van der Waals surface area contributed by atoms with Crippen molar-refractivity contribution in [1.29, 1.82) is 0 Å². The number of rotatable bonds is 9. The summed E-state index contributed by atoms with van der Waals surface area (Å²) in [5.74, 6) is 1.31. The number of nitrogens with zero attached hydrogens (tertiary/aromatic N) is 2. The fourth-order valence-corrected chi connectivity index (χ4v) is 2.84. The Hall–Kier alpha value is -1.57. The van der Waals surface area contributed by atoms with Crippen LogP contribution in [0.3, 0.4) is 0 Å². The van der Waals surface area contributed by atoms with Crippen LogP contribution in [-0.4, -0.2) is 4.57 Å². The van der Waals surface area contributed by atoms with E-state index in [1.165, 1.54) is 56.5 Å². The first-order valence-corrected chi connectivity index (χ1v) is 8.45. The Morgan fingerprint density at radius 1 is 0.905 bits per heavy atom. The first kappa shape index (κ1) is 15.8. The van der Waals surface area contributed by atoms with E-state index in [-0.39, 0.29) is 0 Å². The molecule has 1 heterocycles. The van der Waals surface area contributed by atoms with Crippen molar-refractivity contribution < 1.29 is 4.57 Å². The fraction of sp³-hybridized carbons (Fsp3) is 0.526. The van der Waals surface area contributed by atoms with Crippen LogP contribution in [0, 0.1) is 6.92 Å². The van der Waals surface area contributed by atoms with Crippen molar-refractivity contribution in [3.05, 3.63) is 48.5 Å². The molecule has 114 valence electrons. The molecule has 0 atom stereocenters. The quantitative estimate of drug-likeness (QED) is 0.461. The van der Waals surface area contributed by atoms with E-state index in [2.05, 4.69) is 65.7 Å². The second kappa shape index (κ2) is 8.66. The Bertz CT molecular complexity index is 514. The third-order valence-corrected chi connectivity index (χ3v) is 4.20. The van der Waals surface area contributed by atoms with Gasteiger partial charge in [0.25, 0.3) is 5.82 Å². The molecule has 0 unspecified atom stereocenters. The zero-order chi connectivity index (χ0) is 14.9. The summed E-state index contributed by atoms with van der Waals surface area (Å²) in [6.07, 6.45) is 14.0. The molecule has 0 N–H and O–H groups in total. The Morgan fingerprint density at radius 3 is 2.29 bits per heavy atom. The summed E-state index contributed by atoms with van der Waals surface area (Å²) >= 11 is 0. The molecular weight excluding hydrogens is 256 g/mol. The number of hydrogen-bond acceptors (Lipinski definition) is 0. The normalized spacial score (nSPS) is 11.0. The molecule has 2 aromatic rings. The van der Waals surface area contributed by atoms with Crippen molar-refractivity contribution >= 4 is 0 Å². The van der Waals surface area contributed by atoms with Crippen LogP contribution in [0.5, 0.6) is 0 Å².